The number of nitrogens with two attached hydrogens (primary N) is 1. The van der Waals surface area contributed by atoms with Gasteiger partial charge in [0.2, 0.25) is 11.8 Å². The van der Waals surface area contributed by atoms with Crippen LogP contribution in [0.1, 0.15) is 26.7 Å². The summed E-state index contributed by atoms with van der Waals surface area (Å²) in [6, 6.07) is 6.08. The van der Waals surface area contributed by atoms with Gasteiger partial charge in [-0.05, 0) is 24.5 Å². The van der Waals surface area contributed by atoms with Crippen LogP contribution in [0.4, 0.5) is 5.69 Å². The number of amides is 2. The second kappa shape index (κ2) is 8.52. The van der Waals surface area contributed by atoms with Crippen molar-refractivity contribution in [2.45, 2.75) is 38.8 Å². The standard InChI is InChI=1S/C16H22ClN3O2.ClH/c1-3-10(2)14(18)15(21)19-12-8-9-20(16(12)22)13-7-5-4-6-11(13)17;/h4-7,10,12,14H,3,8-9,18H2,1-2H3,(H,19,21);1H. The third kappa shape index (κ3) is 4.37. The summed E-state index contributed by atoms with van der Waals surface area (Å²) in [6.07, 6.45) is 1.38. The van der Waals surface area contributed by atoms with Crippen molar-refractivity contribution in [1.29, 1.82) is 0 Å². The van der Waals surface area contributed by atoms with Crippen LogP contribution < -0.4 is 16.0 Å². The predicted molar refractivity (Wildman–Crippen MR) is 95.0 cm³/mol. The maximum atomic E-state index is 12.5. The third-order valence-corrected chi connectivity index (χ3v) is 4.54. The molecule has 3 N–H and O–H groups in total. The molecule has 0 radical (unpaired) electrons. The molecule has 1 aromatic carbocycles. The lowest BCUT2D eigenvalue weighted by Gasteiger charge is -2.21. The average Bonchev–Trinajstić information content (AvgIpc) is 2.87. The van der Waals surface area contributed by atoms with Crippen LogP contribution in [0.25, 0.3) is 0 Å². The molecule has 7 heteroatoms. The van der Waals surface area contributed by atoms with Crippen molar-refractivity contribution in [1.82, 2.24) is 5.32 Å². The Balaban J connectivity index is 0.00000264. The van der Waals surface area contributed by atoms with Gasteiger partial charge in [0.25, 0.3) is 0 Å². The van der Waals surface area contributed by atoms with Crippen LogP contribution in [0, 0.1) is 5.92 Å². The number of halogens is 2. The average molecular weight is 360 g/mol. The number of benzene rings is 1. The minimum absolute atomic E-state index is 0. The lowest BCUT2D eigenvalue weighted by Crippen LogP contribution is -2.50. The van der Waals surface area contributed by atoms with Gasteiger partial charge in [0, 0.05) is 6.54 Å². The van der Waals surface area contributed by atoms with Crippen LogP contribution in [0.2, 0.25) is 5.02 Å². The van der Waals surface area contributed by atoms with Crippen molar-refractivity contribution in [3.05, 3.63) is 29.3 Å². The second-order valence-corrected chi connectivity index (χ2v) is 6.11. The summed E-state index contributed by atoms with van der Waals surface area (Å²) in [5.74, 6) is -0.331. The molecule has 0 saturated carbocycles. The number of hydrogen-bond acceptors (Lipinski definition) is 3. The summed E-state index contributed by atoms with van der Waals surface area (Å²) in [6.45, 7) is 4.44. The first-order chi connectivity index (χ1) is 10.5. The monoisotopic (exact) mass is 359 g/mol. The van der Waals surface area contributed by atoms with Gasteiger partial charge in [-0.25, -0.2) is 0 Å². The van der Waals surface area contributed by atoms with Gasteiger partial charge in [-0.2, -0.15) is 0 Å². The quantitative estimate of drug-likeness (QED) is 0.847. The molecule has 0 spiro atoms. The van der Waals surface area contributed by atoms with E-state index in [1.54, 1.807) is 17.0 Å². The number of nitrogens with one attached hydrogen (secondary N) is 1. The molecule has 1 fully saturated rings. The molecule has 1 heterocycles. The van der Waals surface area contributed by atoms with Gasteiger partial charge in [0.15, 0.2) is 0 Å². The molecule has 23 heavy (non-hydrogen) atoms. The fourth-order valence-corrected chi connectivity index (χ4v) is 2.74. The number of nitrogens with zero attached hydrogens (tertiary/aromatic N) is 1. The molecule has 2 rings (SSSR count). The van der Waals surface area contributed by atoms with E-state index in [4.69, 9.17) is 17.3 Å². The van der Waals surface area contributed by atoms with E-state index in [1.165, 1.54) is 0 Å². The fraction of sp³-hybridized carbons (Fsp3) is 0.500. The van der Waals surface area contributed by atoms with Crippen LogP contribution in [0.5, 0.6) is 0 Å². The molecular formula is C16H23Cl2N3O2. The van der Waals surface area contributed by atoms with Crippen LogP contribution in [-0.4, -0.2) is 30.4 Å². The van der Waals surface area contributed by atoms with E-state index >= 15 is 0 Å². The van der Waals surface area contributed by atoms with E-state index in [1.807, 2.05) is 26.0 Å². The number of anilines is 1. The Morgan fingerprint density at radius 3 is 2.74 bits per heavy atom. The third-order valence-electron chi connectivity index (χ3n) is 4.22. The molecule has 0 bridgehead atoms. The maximum absolute atomic E-state index is 12.5. The van der Waals surface area contributed by atoms with Crippen LogP contribution in [-0.2, 0) is 9.59 Å². The molecule has 5 nitrogen and oxygen atoms in total. The Kier molecular flexibility index (Phi) is 7.32. The highest BCUT2D eigenvalue weighted by Gasteiger charge is 2.35. The van der Waals surface area contributed by atoms with Crippen molar-refractivity contribution < 1.29 is 9.59 Å². The number of hydrogen-bond donors (Lipinski definition) is 2. The molecule has 1 saturated heterocycles. The van der Waals surface area contributed by atoms with Gasteiger partial charge < -0.3 is 16.0 Å². The molecule has 128 valence electrons. The number of carbonyl (C=O) groups excluding carboxylic acids is 2. The molecule has 0 aliphatic carbocycles. The van der Waals surface area contributed by atoms with Gasteiger partial charge in [-0.3, -0.25) is 9.59 Å². The first-order valence-electron chi connectivity index (χ1n) is 7.57. The summed E-state index contributed by atoms with van der Waals surface area (Å²) < 4.78 is 0. The van der Waals surface area contributed by atoms with E-state index in [0.717, 1.165) is 6.42 Å². The Morgan fingerprint density at radius 1 is 1.48 bits per heavy atom. The van der Waals surface area contributed by atoms with E-state index in [0.29, 0.717) is 23.7 Å². The van der Waals surface area contributed by atoms with E-state index in [2.05, 4.69) is 5.32 Å². The molecule has 3 atom stereocenters. The van der Waals surface area contributed by atoms with Crippen molar-refractivity contribution in [3.63, 3.8) is 0 Å². The topological polar surface area (TPSA) is 75.4 Å². The van der Waals surface area contributed by atoms with E-state index in [-0.39, 0.29) is 30.1 Å². The highest BCUT2D eigenvalue weighted by Crippen LogP contribution is 2.29. The minimum atomic E-state index is -0.591. The van der Waals surface area contributed by atoms with Crippen molar-refractivity contribution in [2.24, 2.45) is 11.7 Å². The van der Waals surface area contributed by atoms with Crippen LogP contribution in [0.3, 0.4) is 0 Å². The zero-order valence-corrected chi connectivity index (χ0v) is 14.9. The van der Waals surface area contributed by atoms with E-state index < -0.39 is 12.1 Å². The number of carbonyl (C=O) groups is 2. The van der Waals surface area contributed by atoms with Crippen LogP contribution >= 0.6 is 24.0 Å². The van der Waals surface area contributed by atoms with Crippen molar-refractivity contribution >= 4 is 41.5 Å². The maximum Gasteiger partial charge on any atom is 0.249 e. The Hall–Kier alpha value is -1.30. The SMILES string of the molecule is CCC(C)C(N)C(=O)NC1CCN(c2ccccc2Cl)C1=O.Cl. The number of rotatable bonds is 5. The van der Waals surface area contributed by atoms with Crippen LogP contribution in [0.15, 0.2) is 24.3 Å². The highest BCUT2D eigenvalue weighted by atomic mass is 35.5. The van der Waals surface area contributed by atoms with Gasteiger partial charge in [0.05, 0.1) is 16.8 Å². The lowest BCUT2D eigenvalue weighted by atomic mass is 9.99. The molecule has 0 aromatic heterocycles. The Bertz CT molecular complexity index is 568. The molecule has 1 aliphatic heterocycles. The Morgan fingerprint density at radius 2 is 2.13 bits per heavy atom. The van der Waals surface area contributed by atoms with Crippen molar-refractivity contribution in [2.75, 3.05) is 11.4 Å². The normalized spacial score (nSPS) is 19.9. The second-order valence-electron chi connectivity index (χ2n) is 5.70. The minimum Gasteiger partial charge on any atom is -0.343 e. The molecule has 1 aromatic rings. The molecule has 2 amide bonds. The van der Waals surface area contributed by atoms with Gasteiger partial charge in [0.1, 0.15) is 6.04 Å². The van der Waals surface area contributed by atoms with Gasteiger partial charge >= 0.3 is 0 Å². The van der Waals surface area contributed by atoms with E-state index in [9.17, 15) is 9.59 Å². The number of para-hydroxylation sites is 1. The zero-order valence-electron chi connectivity index (χ0n) is 13.3. The van der Waals surface area contributed by atoms with Gasteiger partial charge in [-0.15, -0.1) is 12.4 Å². The summed E-state index contributed by atoms with van der Waals surface area (Å²) >= 11 is 6.13. The zero-order chi connectivity index (χ0) is 16.3. The summed E-state index contributed by atoms with van der Waals surface area (Å²) in [5, 5.41) is 3.29. The summed E-state index contributed by atoms with van der Waals surface area (Å²) in [7, 11) is 0. The smallest absolute Gasteiger partial charge is 0.249 e. The molecule has 1 aliphatic rings. The highest BCUT2D eigenvalue weighted by molar-refractivity contribution is 6.34. The fourth-order valence-electron chi connectivity index (χ4n) is 2.50. The Labute approximate surface area is 148 Å². The predicted octanol–water partition coefficient (Wildman–Crippen LogP) is 2.36. The lowest BCUT2D eigenvalue weighted by molar-refractivity contribution is -0.128. The first-order valence-corrected chi connectivity index (χ1v) is 7.95. The molecule has 3 unspecified atom stereocenters. The molecular weight excluding hydrogens is 337 g/mol. The largest absolute Gasteiger partial charge is 0.343 e. The summed E-state index contributed by atoms with van der Waals surface area (Å²) in [4.78, 5) is 26.2. The van der Waals surface area contributed by atoms with Crippen molar-refractivity contribution in [3.8, 4) is 0 Å². The first kappa shape index (κ1) is 19.7. The van der Waals surface area contributed by atoms with Gasteiger partial charge in [-0.1, -0.05) is 44.0 Å². The summed E-state index contributed by atoms with van der Waals surface area (Å²) in [5.41, 5.74) is 6.58.